The van der Waals surface area contributed by atoms with E-state index in [2.05, 4.69) is 29.4 Å². The minimum Gasteiger partial charge on any atom is -0.392 e. The first-order valence-corrected chi connectivity index (χ1v) is 6.36. The van der Waals surface area contributed by atoms with E-state index in [1.54, 1.807) is 0 Å². The summed E-state index contributed by atoms with van der Waals surface area (Å²) in [5, 5.41) is 12.5. The smallest absolute Gasteiger partial charge is 0.0681 e. The molecule has 2 rings (SSSR count). The zero-order valence-electron chi connectivity index (χ0n) is 10.5. The molecule has 0 spiro atoms. The number of aliphatic hydroxyl groups is 1. The number of nitrogens with one attached hydrogen (secondary N) is 1. The van der Waals surface area contributed by atoms with Crippen LogP contribution in [-0.2, 0) is 13.2 Å². The molecule has 1 heterocycles. The average molecular weight is 234 g/mol. The van der Waals surface area contributed by atoms with Crippen LogP contribution in [0.4, 0.5) is 0 Å². The van der Waals surface area contributed by atoms with Crippen molar-refractivity contribution in [2.24, 2.45) is 5.92 Å². The lowest BCUT2D eigenvalue weighted by Gasteiger charge is -2.11. The summed E-state index contributed by atoms with van der Waals surface area (Å²) in [7, 11) is 2.19. The fourth-order valence-corrected chi connectivity index (χ4v) is 2.38. The van der Waals surface area contributed by atoms with E-state index in [4.69, 9.17) is 5.11 Å². The maximum atomic E-state index is 8.95. The zero-order chi connectivity index (χ0) is 12.1. The number of hydrogen-bond donors (Lipinski definition) is 2. The van der Waals surface area contributed by atoms with Crippen LogP contribution < -0.4 is 5.32 Å². The fourth-order valence-electron chi connectivity index (χ4n) is 2.38. The van der Waals surface area contributed by atoms with Crippen molar-refractivity contribution in [3.63, 3.8) is 0 Å². The number of aliphatic hydroxyl groups excluding tert-OH is 1. The lowest BCUT2D eigenvalue weighted by atomic mass is 10.1. The Morgan fingerprint density at radius 2 is 2.00 bits per heavy atom. The third kappa shape index (κ3) is 3.80. The van der Waals surface area contributed by atoms with Crippen LogP contribution in [0.15, 0.2) is 24.3 Å². The summed E-state index contributed by atoms with van der Waals surface area (Å²) in [6.45, 7) is 4.61. The van der Waals surface area contributed by atoms with Crippen molar-refractivity contribution in [1.29, 1.82) is 0 Å². The van der Waals surface area contributed by atoms with Gasteiger partial charge in [-0.15, -0.1) is 0 Å². The molecule has 2 N–H and O–H groups in total. The van der Waals surface area contributed by atoms with Crippen molar-refractivity contribution < 1.29 is 5.11 Å². The molecule has 0 radical (unpaired) electrons. The monoisotopic (exact) mass is 234 g/mol. The van der Waals surface area contributed by atoms with Crippen molar-refractivity contribution in [3.05, 3.63) is 35.4 Å². The first-order valence-electron chi connectivity index (χ1n) is 6.36. The SMILES string of the molecule is CN1CCC(CNCc2ccc(CO)cc2)C1. The molecule has 1 aromatic carbocycles. The first-order chi connectivity index (χ1) is 8.28. The van der Waals surface area contributed by atoms with Crippen LogP contribution in [0.25, 0.3) is 0 Å². The maximum Gasteiger partial charge on any atom is 0.0681 e. The Morgan fingerprint density at radius 1 is 1.29 bits per heavy atom. The third-order valence-electron chi connectivity index (χ3n) is 3.46. The second-order valence-corrected chi connectivity index (χ2v) is 5.02. The molecule has 1 aliphatic rings. The molecule has 0 bridgehead atoms. The third-order valence-corrected chi connectivity index (χ3v) is 3.46. The standard InChI is InChI=1S/C14H22N2O/c1-16-7-6-14(10-16)9-15-8-12-2-4-13(11-17)5-3-12/h2-5,14-15,17H,6-11H2,1H3. The molecule has 3 nitrogen and oxygen atoms in total. The van der Waals surface area contributed by atoms with Gasteiger partial charge in [0.2, 0.25) is 0 Å². The first kappa shape index (κ1) is 12.6. The topological polar surface area (TPSA) is 35.5 Å². The summed E-state index contributed by atoms with van der Waals surface area (Å²) in [4.78, 5) is 2.39. The summed E-state index contributed by atoms with van der Waals surface area (Å²) < 4.78 is 0. The van der Waals surface area contributed by atoms with E-state index in [-0.39, 0.29) is 6.61 Å². The zero-order valence-corrected chi connectivity index (χ0v) is 10.5. The van der Waals surface area contributed by atoms with Gasteiger partial charge in [-0.3, -0.25) is 0 Å². The van der Waals surface area contributed by atoms with Gasteiger partial charge in [0.1, 0.15) is 0 Å². The number of benzene rings is 1. The Labute approximate surface area is 103 Å². The van der Waals surface area contributed by atoms with E-state index in [0.29, 0.717) is 0 Å². The van der Waals surface area contributed by atoms with E-state index in [0.717, 1.165) is 24.6 Å². The molecule has 1 aromatic rings. The molecule has 1 aliphatic heterocycles. The molecule has 1 fully saturated rings. The predicted molar refractivity (Wildman–Crippen MR) is 69.7 cm³/mol. The minimum atomic E-state index is 0.127. The second-order valence-electron chi connectivity index (χ2n) is 5.02. The quantitative estimate of drug-likeness (QED) is 0.804. The molecular formula is C14H22N2O. The Morgan fingerprint density at radius 3 is 2.59 bits per heavy atom. The van der Waals surface area contributed by atoms with Gasteiger partial charge in [0, 0.05) is 13.1 Å². The molecular weight excluding hydrogens is 212 g/mol. The van der Waals surface area contributed by atoms with Crippen LogP contribution in [-0.4, -0.2) is 36.7 Å². The van der Waals surface area contributed by atoms with Gasteiger partial charge in [-0.1, -0.05) is 24.3 Å². The summed E-state index contributed by atoms with van der Waals surface area (Å²) in [5.41, 5.74) is 2.26. The maximum absolute atomic E-state index is 8.95. The summed E-state index contributed by atoms with van der Waals surface area (Å²) in [6, 6.07) is 8.14. The highest BCUT2D eigenvalue weighted by molar-refractivity contribution is 5.21. The van der Waals surface area contributed by atoms with Gasteiger partial charge in [0.25, 0.3) is 0 Å². The summed E-state index contributed by atoms with van der Waals surface area (Å²) in [6.07, 6.45) is 1.31. The highest BCUT2D eigenvalue weighted by Crippen LogP contribution is 2.13. The average Bonchev–Trinajstić information content (AvgIpc) is 2.76. The number of hydrogen-bond acceptors (Lipinski definition) is 3. The van der Waals surface area contributed by atoms with Gasteiger partial charge in [-0.2, -0.15) is 0 Å². The fraction of sp³-hybridized carbons (Fsp3) is 0.571. The van der Waals surface area contributed by atoms with Crippen LogP contribution >= 0.6 is 0 Å². The molecule has 94 valence electrons. The van der Waals surface area contributed by atoms with E-state index < -0.39 is 0 Å². The van der Waals surface area contributed by atoms with Crippen LogP contribution in [0.1, 0.15) is 17.5 Å². The van der Waals surface area contributed by atoms with Crippen molar-refractivity contribution in [1.82, 2.24) is 10.2 Å². The van der Waals surface area contributed by atoms with E-state index >= 15 is 0 Å². The van der Waals surface area contributed by atoms with Crippen LogP contribution in [0, 0.1) is 5.92 Å². The highest BCUT2D eigenvalue weighted by atomic mass is 16.3. The van der Waals surface area contributed by atoms with Crippen LogP contribution in [0.5, 0.6) is 0 Å². The Bertz CT molecular complexity index is 337. The molecule has 1 unspecified atom stereocenters. The largest absolute Gasteiger partial charge is 0.392 e. The van der Waals surface area contributed by atoms with Gasteiger partial charge >= 0.3 is 0 Å². The highest BCUT2D eigenvalue weighted by Gasteiger charge is 2.18. The van der Waals surface area contributed by atoms with Gasteiger partial charge < -0.3 is 15.3 Å². The van der Waals surface area contributed by atoms with E-state index in [9.17, 15) is 0 Å². The number of likely N-dealkylation sites (tertiary alicyclic amines) is 1. The Hall–Kier alpha value is -0.900. The normalized spacial score (nSPS) is 20.9. The second kappa shape index (κ2) is 6.15. The number of rotatable bonds is 5. The molecule has 0 aliphatic carbocycles. The lowest BCUT2D eigenvalue weighted by molar-refractivity contribution is 0.282. The van der Waals surface area contributed by atoms with E-state index in [1.165, 1.54) is 25.1 Å². The summed E-state index contributed by atoms with van der Waals surface area (Å²) >= 11 is 0. The van der Waals surface area contributed by atoms with Gasteiger partial charge in [0.15, 0.2) is 0 Å². The van der Waals surface area contributed by atoms with Crippen molar-refractivity contribution in [3.8, 4) is 0 Å². The molecule has 0 amide bonds. The molecule has 0 aromatic heterocycles. The molecule has 3 heteroatoms. The molecule has 1 atom stereocenters. The van der Waals surface area contributed by atoms with E-state index in [1.807, 2.05) is 12.1 Å². The minimum absolute atomic E-state index is 0.127. The van der Waals surface area contributed by atoms with Gasteiger partial charge in [0.05, 0.1) is 6.61 Å². The Kier molecular flexibility index (Phi) is 4.54. The van der Waals surface area contributed by atoms with Crippen molar-refractivity contribution >= 4 is 0 Å². The molecule has 17 heavy (non-hydrogen) atoms. The Balaban J connectivity index is 1.70. The van der Waals surface area contributed by atoms with Gasteiger partial charge in [-0.25, -0.2) is 0 Å². The van der Waals surface area contributed by atoms with Gasteiger partial charge in [-0.05, 0) is 43.6 Å². The van der Waals surface area contributed by atoms with Crippen molar-refractivity contribution in [2.75, 3.05) is 26.7 Å². The lowest BCUT2D eigenvalue weighted by Crippen LogP contribution is -2.24. The molecule has 0 saturated carbocycles. The number of nitrogens with zero attached hydrogens (tertiary/aromatic N) is 1. The summed E-state index contributed by atoms with van der Waals surface area (Å²) in [5.74, 6) is 0.803. The predicted octanol–water partition coefficient (Wildman–Crippen LogP) is 1.22. The molecule has 1 saturated heterocycles. The van der Waals surface area contributed by atoms with Crippen molar-refractivity contribution in [2.45, 2.75) is 19.6 Å². The van der Waals surface area contributed by atoms with Crippen LogP contribution in [0.3, 0.4) is 0 Å². The van der Waals surface area contributed by atoms with Crippen LogP contribution in [0.2, 0.25) is 0 Å².